The summed E-state index contributed by atoms with van der Waals surface area (Å²) in [7, 11) is -3.92. The van der Waals surface area contributed by atoms with Crippen LogP contribution in [0.15, 0.2) is 57.8 Å². The molecule has 5 aromatic rings. The molecule has 3 heterocycles. The van der Waals surface area contributed by atoms with Crippen molar-refractivity contribution in [1.82, 2.24) is 19.8 Å². The molecule has 32 heavy (non-hydrogen) atoms. The molecule has 0 unspecified atom stereocenters. The Hall–Kier alpha value is -3.01. The third kappa shape index (κ3) is 3.33. The van der Waals surface area contributed by atoms with Crippen molar-refractivity contribution in [2.24, 2.45) is 0 Å². The monoisotopic (exact) mass is 483 g/mol. The summed E-state index contributed by atoms with van der Waals surface area (Å²) in [6.07, 6.45) is 0. The van der Waals surface area contributed by atoms with Crippen LogP contribution in [0.3, 0.4) is 0 Å². The summed E-state index contributed by atoms with van der Waals surface area (Å²) in [6, 6.07) is 12.5. The highest BCUT2D eigenvalue weighted by Crippen LogP contribution is 2.33. The molecule has 0 aliphatic rings. The smallest absolute Gasteiger partial charge is 0.229 e. The Kier molecular flexibility index (Phi) is 4.92. The first-order valence-electron chi connectivity index (χ1n) is 9.74. The van der Waals surface area contributed by atoms with E-state index in [4.69, 9.17) is 11.6 Å². The summed E-state index contributed by atoms with van der Waals surface area (Å²) < 4.78 is 29.1. The molecule has 0 radical (unpaired) electrons. The number of thiophene rings is 1. The molecular formula is C22H18ClN5O2S2. The van der Waals surface area contributed by atoms with E-state index < -0.39 is 9.84 Å². The fourth-order valence-electron chi connectivity index (χ4n) is 3.38. The molecule has 10 heteroatoms. The molecule has 0 bridgehead atoms. The van der Waals surface area contributed by atoms with E-state index in [-0.39, 0.29) is 15.6 Å². The first-order valence-corrected chi connectivity index (χ1v) is 12.5. The van der Waals surface area contributed by atoms with Crippen molar-refractivity contribution in [3.8, 4) is 0 Å². The van der Waals surface area contributed by atoms with E-state index in [0.717, 1.165) is 32.6 Å². The Morgan fingerprint density at radius 3 is 2.53 bits per heavy atom. The number of aryl methyl sites for hydroxylation is 3. The number of hydrogen-bond acceptors (Lipinski definition) is 7. The average molecular weight is 484 g/mol. The molecular weight excluding hydrogens is 466 g/mol. The van der Waals surface area contributed by atoms with Gasteiger partial charge in [-0.3, -0.25) is 0 Å². The van der Waals surface area contributed by atoms with E-state index in [0.29, 0.717) is 10.8 Å². The summed E-state index contributed by atoms with van der Waals surface area (Å²) in [5.74, 6) is 0.515. The van der Waals surface area contributed by atoms with Crippen molar-refractivity contribution in [2.75, 3.05) is 5.32 Å². The Balaban J connectivity index is 1.70. The standard InChI is InChI=1S/C22H18ClN5O2S2/c1-12-5-7-16(10-14(12)3)32(29,30)22-21-25-20(24-15-6-4-13(2)17(23)11-15)19-18(8-9-31-19)28(21)27-26-22/h4-11H,1-3H3,(H,24,25). The van der Waals surface area contributed by atoms with Gasteiger partial charge in [-0.1, -0.05) is 28.9 Å². The summed E-state index contributed by atoms with van der Waals surface area (Å²) >= 11 is 7.75. The second-order valence-electron chi connectivity index (χ2n) is 7.56. The maximum absolute atomic E-state index is 13.4. The Morgan fingerprint density at radius 2 is 1.78 bits per heavy atom. The molecule has 1 N–H and O–H groups in total. The van der Waals surface area contributed by atoms with Crippen LogP contribution in [0, 0.1) is 20.8 Å². The van der Waals surface area contributed by atoms with Gasteiger partial charge in [0.15, 0.2) is 11.5 Å². The summed E-state index contributed by atoms with van der Waals surface area (Å²) in [4.78, 5) is 4.79. The van der Waals surface area contributed by atoms with Crippen molar-refractivity contribution in [3.05, 3.63) is 69.6 Å². The summed E-state index contributed by atoms with van der Waals surface area (Å²) in [5.41, 5.74) is 4.49. The highest BCUT2D eigenvalue weighted by molar-refractivity contribution is 7.91. The zero-order chi connectivity index (χ0) is 22.6. The van der Waals surface area contributed by atoms with Crippen molar-refractivity contribution in [1.29, 1.82) is 0 Å². The van der Waals surface area contributed by atoms with E-state index in [1.165, 1.54) is 15.9 Å². The lowest BCUT2D eigenvalue weighted by Crippen LogP contribution is -2.06. The number of fused-ring (bicyclic) bond motifs is 3. The lowest BCUT2D eigenvalue weighted by molar-refractivity contribution is 0.592. The minimum atomic E-state index is -3.92. The van der Waals surface area contributed by atoms with Crippen LogP contribution in [0.1, 0.15) is 16.7 Å². The van der Waals surface area contributed by atoms with Gasteiger partial charge in [-0.25, -0.2) is 13.4 Å². The number of anilines is 2. The first-order chi connectivity index (χ1) is 15.3. The van der Waals surface area contributed by atoms with Gasteiger partial charge in [0, 0.05) is 10.7 Å². The molecule has 0 amide bonds. The molecule has 3 aromatic heterocycles. The van der Waals surface area contributed by atoms with Crippen molar-refractivity contribution >= 4 is 60.1 Å². The van der Waals surface area contributed by atoms with Crippen molar-refractivity contribution in [2.45, 2.75) is 30.7 Å². The van der Waals surface area contributed by atoms with Crippen LogP contribution in [0.2, 0.25) is 5.02 Å². The van der Waals surface area contributed by atoms with Crippen LogP contribution < -0.4 is 5.32 Å². The van der Waals surface area contributed by atoms with E-state index >= 15 is 0 Å². The van der Waals surface area contributed by atoms with Crippen molar-refractivity contribution in [3.63, 3.8) is 0 Å². The maximum Gasteiger partial charge on any atom is 0.229 e. The van der Waals surface area contributed by atoms with Crippen LogP contribution in [-0.4, -0.2) is 28.2 Å². The van der Waals surface area contributed by atoms with Gasteiger partial charge in [-0.2, -0.15) is 4.52 Å². The second kappa shape index (κ2) is 7.54. The molecule has 5 rings (SSSR count). The number of nitrogens with zero attached hydrogens (tertiary/aromatic N) is 4. The quantitative estimate of drug-likeness (QED) is 0.363. The third-order valence-corrected chi connectivity index (χ3v) is 8.37. The number of benzene rings is 2. The number of hydrogen-bond donors (Lipinski definition) is 1. The predicted octanol–water partition coefficient (Wildman–Crippen LogP) is 5.49. The average Bonchev–Trinajstić information content (AvgIpc) is 3.40. The van der Waals surface area contributed by atoms with Gasteiger partial charge in [-0.15, -0.1) is 16.4 Å². The van der Waals surface area contributed by atoms with Crippen LogP contribution in [0.4, 0.5) is 11.5 Å². The predicted molar refractivity (Wildman–Crippen MR) is 127 cm³/mol. The van der Waals surface area contributed by atoms with Gasteiger partial charge in [0.1, 0.15) is 0 Å². The topological polar surface area (TPSA) is 89.2 Å². The number of aromatic nitrogens is 4. The maximum atomic E-state index is 13.4. The highest BCUT2D eigenvalue weighted by atomic mass is 35.5. The number of halogens is 1. The van der Waals surface area contributed by atoms with Crippen LogP contribution in [-0.2, 0) is 9.84 Å². The fraction of sp³-hybridized carbons (Fsp3) is 0.136. The molecule has 0 saturated heterocycles. The molecule has 0 aliphatic carbocycles. The van der Waals surface area contributed by atoms with Crippen LogP contribution >= 0.6 is 22.9 Å². The van der Waals surface area contributed by atoms with Gasteiger partial charge in [0.2, 0.25) is 14.9 Å². The Bertz CT molecular complexity index is 1620. The van der Waals surface area contributed by atoms with E-state index in [2.05, 4.69) is 20.6 Å². The molecule has 0 fully saturated rings. The second-order valence-corrected chi connectivity index (χ2v) is 10.8. The molecule has 162 valence electrons. The van der Waals surface area contributed by atoms with Crippen LogP contribution in [0.5, 0.6) is 0 Å². The minimum Gasteiger partial charge on any atom is -0.339 e. The van der Waals surface area contributed by atoms with E-state index in [9.17, 15) is 8.42 Å². The zero-order valence-corrected chi connectivity index (χ0v) is 19.8. The number of sulfone groups is 1. The molecule has 0 aliphatic heterocycles. The molecule has 7 nitrogen and oxygen atoms in total. The van der Waals surface area contributed by atoms with Crippen LogP contribution in [0.25, 0.3) is 15.9 Å². The third-order valence-electron chi connectivity index (χ3n) is 5.40. The Labute approximate surface area is 193 Å². The highest BCUT2D eigenvalue weighted by Gasteiger charge is 2.27. The van der Waals surface area contributed by atoms with Gasteiger partial charge in [0.05, 0.1) is 15.1 Å². The van der Waals surface area contributed by atoms with Gasteiger partial charge >= 0.3 is 0 Å². The van der Waals surface area contributed by atoms with E-state index in [1.54, 1.807) is 18.2 Å². The first kappa shape index (κ1) is 20.9. The van der Waals surface area contributed by atoms with Gasteiger partial charge < -0.3 is 5.32 Å². The minimum absolute atomic E-state index is 0.162. The number of rotatable bonds is 4. The zero-order valence-electron chi connectivity index (χ0n) is 17.4. The largest absolute Gasteiger partial charge is 0.339 e. The van der Waals surface area contributed by atoms with Crippen molar-refractivity contribution < 1.29 is 8.42 Å². The lowest BCUT2D eigenvalue weighted by atomic mass is 10.1. The lowest BCUT2D eigenvalue weighted by Gasteiger charge is -2.10. The molecule has 0 spiro atoms. The molecule has 0 atom stereocenters. The summed E-state index contributed by atoms with van der Waals surface area (Å²) in [5, 5.41) is 13.7. The van der Waals surface area contributed by atoms with Gasteiger partial charge in [-0.05, 0) is 73.2 Å². The SMILES string of the molecule is Cc1ccc(S(=O)(=O)c2nnn3c2nc(Nc2ccc(C)c(Cl)c2)c2sccc23)cc1C. The molecule has 0 saturated carbocycles. The normalized spacial score (nSPS) is 12.0. The van der Waals surface area contributed by atoms with E-state index in [1.807, 2.05) is 50.4 Å². The molecule has 2 aromatic carbocycles. The van der Waals surface area contributed by atoms with Gasteiger partial charge in [0.25, 0.3) is 0 Å². The summed E-state index contributed by atoms with van der Waals surface area (Å²) in [6.45, 7) is 5.74. The Morgan fingerprint density at radius 1 is 1.00 bits per heavy atom. The fourth-order valence-corrected chi connectivity index (χ4v) is 5.70. The number of nitrogens with one attached hydrogen (secondary N) is 1.